The fraction of sp³-hybridized carbons (Fsp3) is 0.533. The Morgan fingerprint density at radius 1 is 1.48 bits per heavy atom. The van der Waals surface area contributed by atoms with Crippen molar-refractivity contribution in [2.24, 2.45) is 11.7 Å². The molecule has 1 aromatic rings. The van der Waals surface area contributed by atoms with Gasteiger partial charge in [0.2, 0.25) is 5.91 Å². The molecule has 1 heterocycles. The summed E-state index contributed by atoms with van der Waals surface area (Å²) in [5.41, 5.74) is 5.16. The molecule has 1 amide bonds. The number of nitrogens with zero attached hydrogens (tertiary/aromatic N) is 1. The van der Waals surface area contributed by atoms with E-state index in [2.05, 4.69) is 0 Å². The van der Waals surface area contributed by atoms with Gasteiger partial charge >= 0.3 is 0 Å². The van der Waals surface area contributed by atoms with Crippen molar-refractivity contribution in [3.8, 4) is 0 Å². The van der Waals surface area contributed by atoms with Crippen LogP contribution in [0.25, 0.3) is 0 Å². The highest BCUT2D eigenvalue weighted by Crippen LogP contribution is 2.24. The number of hydrogen-bond donors (Lipinski definition) is 2. The summed E-state index contributed by atoms with van der Waals surface area (Å²) in [6, 6.07) is 3.06. The van der Waals surface area contributed by atoms with Gasteiger partial charge in [0, 0.05) is 25.1 Å². The first-order chi connectivity index (χ1) is 9.95. The number of aliphatic hydroxyl groups is 1. The summed E-state index contributed by atoms with van der Waals surface area (Å²) >= 11 is 0. The van der Waals surface area contributed by atoms with E-state index in [0.29, 0.717) is 13.0 Å². The highest BCUT2D eigenvalue weighted by Gasteiger charge is 2.24. The van der Waals surface area contributed by atoms with Crippen molar-refractivity contribution in [1.29, 1.82) is 0 Å². The lowest BCUT2D eigenvalue weighted by atomic mass is 9.94. The van der Waals surface area contributed by atoms with Gasteiger partial charge in [-0.25, -0.2) is 8.78 Å². The van der Waals surface area contributed by atoms with Crippen molar-refractivity contribution < 1.29 is 18.7 Å². The molecule has 6 heteroatoms. The summed E-state index contributed by atoms with van der Waals surface area (Å²) in [6.45, 7) is 1.62. The highest BCUT2D eigenvalue weighted by molar-refractivity contribution is 5.74. The van der Waals surface area contributed by atoms with Crippen LogP contribution in [0.3, 0.4) is 0 Å². The van der Waals surface area contributed by atoms with Gasteiger partial charge < -0.3 is 15.7 Å². The molecule has 1 aliphatic rings. The van der Waals surface area contributed by atoms with E-state index in [1.165, 1.54) is 0 Å². The van der Waals surface area contributed by atoms with Crippen LogP contribution in [0.5, 0.6) is 0 Å². The summed E-state index contributed by atoms with van der Waals surface area (Å²) in [7, 11) is 0. The molecule has 3 N–H and O–H groups in total. The minimum absolute atomic E-state index is 0.0352. The standard InChI is InChI=1S/C15H20F2N2O2/c16-11-3-4-13(17)12(7-11)14(20)9-19-5-1-2-10(8-19)6-15(18)21/h3-4,7,10,14,20H,1-2,5-6,8-9H2,(H2,18,21). The second-order valence-electron chi connectivity index (χ2n) is 5.62. The van der Waals surface area contributed by atoms with Crippen LogP contribution in [0, 0.1) is 17.6 Å². The van der Waals surface area contributed by atoms with Crippen molar-refractivity contribution >= 4 is 5.91 Å². The molecule has 1 saturated heterocycles. The van der Waals surface area contributed by atoms with E-state index >= 15 is 0 Å². The Labute approximate surface area is 122 Å². The highest BCUT2D eigenvalue weighted by atomic mass is 19.1. The fourth-order valence-electron chi connectivity index (χ4n) is 2.88. The summed E-state index contributed by atoms with van der Waals surface area (Å²) in [5.74, 6) is -1.36. The van der Waals surface area contributed by atoms with Gasteiger partial charge in [-0.1, -0.05) is 0 Å². The minimum atomic E-state index is -1.09. The molecule has 0 saturated carbocycles. The van der Waals surface area contributed by atoms with Crippen LogP contribution in [-0.4, -0.2) is 35.5 Å². The van der Waals surface area contributed by atoms with Crippen LogP contribution >= 0.6 is 0 Å². The number of piperidine rings is 1. The van der Waals surface area contributed by atoms with Crippen LogP contribution in [0.2, 0.25) is 0 Å². The van der Waals surface area contributed by atoms with E-state index in [1.54, 1.807) is 0 Å². The first kappa shape index (κ1) is 15.9. The minimum Gasteiger partial charge on any atom is -0.387 e. The van der Waals surface area contributed by atoms with Crippen molar-refractivity contribution in [3.05, 3.63) is 35.4 Å². The third-order valence-electron chi connectivity index (χ3n) is 3.84. The number of benzene rings is 1. The van der Waals surface area contributed by atoms with E-state index in [4.69, 9.17) is 5.73 Å². The van der Waals surface area contributed by atoms with Crippen LogP contribution in [-0.2, 0) is 4.79 Å². The molecular formula is C15H20F2N2O2. The number of hydrogen-bond acceptors (Lipinski definition) is 3. The summed E-state index contributed by atoms with van der Waals surface area (Å²) in [6.07, 6.45) is 1.05. The first-order valence-electron chi connectivity index (χ1n) is 7.09. The SMILES string of the molecule is NC(=O)CC1CCCN(CC(O)c2cc(F)ccc2F)C1. The lowest BCUT2D eigenvalue weighted by Crippen LogP contribution is -2.39. The smallest absolute Gasteiger partial charge is 0.217 e. The molecular weight excluding hydrogens is 278 g/mol. The topological polar surface area (TPSA) is 66.6 Å². The van der Waals surface area contributed by atoms with Gasteiger partial charge in [0.1, 0.15) is 11.6 Å². The van der Waals surface area contributed by atoms with Crippen LogP contribution in [0.1, 0.15) is 30.9 Å². The summed E-state index contributed by atoms with van der Waals surface area (Å²) in [4.78, 5) is 12.9. The monoisotopic (exact) mass is 298 g/mol. The first-order valence-corrected chi connectivity index (χ1v) is 7.09. The number of likely N-dealkylation sites (tertiary alicyclic amines) is 1. The second kappa shape index (κ2) is 6.95. The number of carbonyl (C=O) groups is 1. The molecule has 0 aromatic heterocycles. The molecule has 1 aliphatic heterocycles. The zero-order chi connectivity index (χ0) is 15.4. The molecule has 4 nitrogen and oxygen atoms in total. The van der Waals surface area contributed by atoms with Gasteiger partial charge in [-0.2, -0.15) is 0 Å². The van der Waals surface area contributed by atoms with Crippen molar-refractivity contribution in [2.45, 2.75) is 25.4 Å². The number of aliphatic hydroxyl groups excluding tert-OH is 1. The van der Waals surface area contributed by atoms with E-state index in [0.717, 1.165) is 37.6 Å². The molecule has 1 fully saturated rings. The zero-order valence-electron chi connectivity index (χ0n) is 11.8. The summed E-state index contributed by atoms with van der Waals surface area (Å²) in [5, 5.41) is 10.1. The number of halogens is 2. The van der Waals surface area contributed by atoms with Crippen molar-refractivity contribution in [2.75, 3.05) is 19.6 Å². The number of amides is 1. The normalized spacial score (nSPS) is 21.2. The van der Waals surface area contributed by atoms with Gasteiger partial charge in [0.05, 0.1) is 6.10 Å². The van der Waals surface area contributed by atoms with Crippen LogP contribution in [0.4, 0.5) is 8.78 Å². The predicted molar refractivity (Wildman–Crippen MR) is 74.3 cm³/mol. The lowest BCUT2D eigenvalue weighted by molar-refractivity contribution is -0.119. The average Bonchev–Trinajstić information content (AvgIpc) is 2.41. The van der Waals surface area contributed by atoms with E-state index in [-0.39, 0.29) is 23.9 Å². The number of β-amino-alcohol motifs (C(OH)–C–C–N with tert-alkyl or cyclic N) is 1. The van der Waals surface area contributed by atoms with Gasteiger partial charge in [-0.05, 0) is 43.5 Å². The van der Waals surface area contributed by atoms with Crippen molar-refractivity contribution in [1.82, 2.24) is 4.90 Å². The molecule has 2 unspecified atom stereocenters. The Morgan fingerprint density at radius 3 is 2.95 bits per heavy atom. The van der Waals surface area contributed by atoms with Crippen LogP contribution < -0.4 is 5.73 Å². The van der Waals surface area contributed by atoms with Crippen molar-refractivity contribution in [3.63, 3.8) is 0 Å². The Kier molecular flexibility index (Phi) is 5.25. The van der Waals surface area contributed by atoms with Gasteiger partial charge in [0.15, 0.2) is 0 Å². The van der Waals surface area contributed by atoms with E-state index < -0.39 is 17.7 Å². The largest absolute Gasteiger partial charge is 0.387 e. The third-order valence-corrected chi connectivity index (χ3v) is 3.84. The molecule has 0 aliphatic carbocycles. The third kappa shape index (κ3) is 4.47. The predicted octanol–water partition coefficient (Wildman–Crippen LogP) is 1.59. The van der Waals surface area contributed by atoms with E-state index in [9.17, 15) is 18.7 Å². The molecule has 2 rings (SSSR count). The molecule has 116 valence electrons. The van der Waals surface area contributed by atoms with Gasteiger partial charge in [-0.3, -0.25) is 4.79 Å². The van der Waals surface area contributed by atoms with Gasteiger partial charge in [0.25, 0.3) is 0 Å². The van der Waals surface area contributed by atoms with Gasteiger partial charge in [-0.15, -0.1) is 0 Å². The lowest BCUT2D eigenvalue weighted by Gasteiger charge is -2.33. The average molecular weight is 298 g/mol. The number of primary amides is 1. The molecule has 1 aromatic carbocycles. The molecule has 0 spiro atoms. The van der Waals surface area contributed by atoms with E-state index in [1.807, 2.05) is 4.90 Å². The Hall–Kier alpha value is -1.53. The number of nitrogens with two attached hydrogens (primary N) is 1. The zero-order valence-corrected chi connectivity index (χ0v) is 11.8. The Balaban J connectivity index is 1.97. The Morgan fingerprint density at radius 2 is 2.24 bits per heavy atom. The fourth-order valence-corrected chi connectivity index (χ4v) is 2.88. The number of carbonyl (C=O) groups excluding carboxylic acids is 1. The quantitative estimate of drug-likeness (QED) is 0.867. The maximum Gasteiger partial charge on any atom is 0.217 e. The number of rotatable bonds is 5. The summed E-state index contributed by atoms with van der Waals surface area (Å²) < 4.78 is 26.8. The van der Waals surface area contributed by atoms with Crippen LogP contribution in [0.15, 0.2) is 18.2 Å². The maximum atomic E-state index is 13.6. The Bertz CT molecular complexity index is 510. The second-order valence-corrected chi connectivity index (χ2v) is 5.62. The molecule has 2 atom stereocenters. The molecule has 0 radical (unpaired) electrons. The maximum absolute atomic E-state index is 13.6. The molecule has 21 heavy (non-hydrogen) atoms. The molecule has 0 bridgehead atoms.